The molecule has 2 aromatic carbocycles. The molecule has 0 radical (unpaired) electrons. The van der Waals surface area contributed by atoms with Crippen LogP contribution in [0.3, 0.4) is 0 Å². The second kappa shape index (κ2) is 10.5. The summed E-state index contributed by atoms with van der Waals surface area (Å²) in [5.74, 6) is -2.61. The van der Waals surface area contributed by atoms with E-state index in [4.69, 9.17) is 0 Å². The number of aliphatic carboxylic acids is 2. The number of hydrogen-bond acceptors (Lipinski definition) is 6. The van der Waals surface area contributed by atoms with Crippen LogP contribution in [0.4, 0.5) is 0 Å². The van der Waals surface area contributed by atoms with Crippen molar-refractivity contribution in [2.45, 2.75) is 12.1 Å². The normalized spacial score (nSPS) is 12.6. The van der Waals surface area contributed by atoms with Crippen molar-refractivity contribution in [1.29, 1.82) is 0 Å². The molecule has 2 aromatic rings. The second-order valence-electron chi connectivity index (χ2n) is 5.57. The SMILES string of the molecule is O=C(O)C(NCCNC(C(=O)O)c1ccccc1O)c1ccccc1O.[Fe]. The number of carboxylic acids is 2. The minimum Gasteiger partial charge on any atom is -0.508 e. The van der Waals surface area contributed by atoms with E-state index in [0.717, 1.165) is 0 Å². The van der Waals surface area contributed by atoms with Crippen molar-refractivity contribution in [1.82, 2.24) is 10.6 Å². The molecule has 2 rings (SSSR count). The Bertz CT molecular complexity index is 720. The van der Waals surface area contributed by atoms with Crippen LogP contribution in [0.5, 0.6) is 11.5 Å². The molecule has 2 unspecified atom stereocenters. The van der Waals surface area contributed by atoms with E-state index in [-0.39, 0.29) is 52.8 Å². The number of carbonyl (C=O) groups is 2. The van der Waals surface area contributed by atoms with E-state index < -0.39 is 24.0 Å². The van der Waals surface area contributed by atoms with Gasteiger partial charge in [-0.05, 0) is 12.1 Å². The number of benzene rings is 2. The molecule has 0 amide bonds. The molecule has 8 nitrogen and oxygen atoms in total. The molecular weight excluding hydrogens is 396 g/mol. The molecule has 0 aliphatic heterocycles. The third kappa shape index (κ3) is 5.97. The third-order valence-corrected chi connectivity index (χ3v) is 3.81. The molecule has 27 heavy (non-hydrogen) atoms. The predicted molar refractivity (Wildman–Crippen MR) is 93.0 cm³/mol. The zero-order valence-electron chi connectivity index (χ0n) is 14.1. The Kier molecular flexibility index (Phi) is 8.77. The summed E-state index contributed by atoms with van der Waals surface area (Å²) in [4.78, 5) is 22.9. The van der Waals surface area contributed by atoms with E-state index in [1.807, 2.05) is 0 Å². The number of hydrogen-bond donors (Lipinski definition) is 6. The molecule has 0 aromatic heterocycles. The van der Waals surface area contributed by atoms with Gasteiger partial charge >= 0.3 is 11.9 Å². The van der Waals surface area contributed by atoms with Gasteiger partial charge < -0.3 is 20.4 Å². The Balaban J connectivity index is 0.00000364. The summed E-state index contributed by atoms with van der Waals surface area (Å²) in [6, 6.07) is 9.91. The third-order valence-electron chi connectivity index (χ3n) is 3.81. The second-order valence-corrected chi connectivity index (χ2v) is 5.57. The topological polar surface area (TPSA) is 139 Å². The molecule has 0 aliphatic rings. The Morgan fingerprint density at radius 2 is 1.07 bits per heavy atom. The molecular formula is C18H20FeN2O6. The maximum atomic E-state index is 11.4. The molecule has 0 heterocycles. The Labute approximate surface area is 166 Å². The molecule has 2 atom stereocenters. The first-order valence-electron chi connectivity index (χ1n) is 7.90. The fourth-order valence-corrected chi connectivity index (χ4v) is 2.56. The first-order valence-corrected chi connectivity index (χ1v) is 7.90. The molecule has 0 aliphatic carbocycles. The number of carboxylic acid groups (broad SMARTS) is 2. The van der Waals surface area contributed by atoms with Gasteiger partial charge in [-0.3, -0.25) is 20.2 Å². The zero-order valence-corrected chi connectivity index (χ0v) is 15.3. The number of para-hydroxylation sites is 2. The van der Waals surface area contributed by atoms with Crippen LogP contribution in [0.2, 0.25) is 0 Å². The molecule has 0 saturated carbocycles. The summed E-state index contributed by atoms with van der Waals surface area (Å²) < 4.78 is 0. The van der Waals surface area contributed by atoms with E-state index in [0.29, 0.717) is 0 Å². The average Bonchev–Trinajstić information content (AvgIpc) is 2.59. The van der Waals surface area contributed by atoms with Crippen molar-refractivity contribution < 1.29 is 47.1 Å². The summed E-state index contributed by atoms with van der Waals surface area (Å²) >= 11 is 0. The van der Waals surface area contributed by atoms with Gasteiger partial charge in [-0.1, -0.05) is 36.4 Å². The maximum Gasteiger partial charge on any atom is 0.325 e. The summed E-state index contributed by atoms with van der Waals surface area (Å²) in [6.07, 6.45) is 0. The van der Waals surface area contributed by atoms with Crippen molar-refractivity contribution in [2.24, 2.45) is 0 Å². The van der Waals surface area contributed by atoms with Gasteiger partial charge in [0.2, 0.25) is 0 Å². The van der Waals surface area contributed by atoms with Crippen molar-refractivity contribution in [3.8, 4) is 11.5 Å². The molecule has 6 N–H and O–H groups in total. The molecule has 0 spiro atoms. The van der Waals surface area contributed by atoms with Gasteiger partial charge in [-0.2, -0.15) is 0 Å². The van der Waals surface area contributed by atoms with Crippen LogP contribution >= 0.6 is 0 Å². The average molecular weight is 416 g/mol. The molecule has 0 saturated heterocycles. The first-order chi connectivity index (χ1) is 12.4. The first kappa shape index (κ1) is 22.5. The van der Waals surface area contributed by atoms with Gasteiger partial charge in [0.15, 0.2) is 0 Å². The van der Waals surface area contributed by atoms with Crippen LogP contribution in [0.1, 0.15) is 23.2 Å². The van der Waals surface area contributed by atoms with Crippen LogP contribution < -0.4 is 10.6 Å². The molecule has 0 bridgehead atoms. The van der Waals surface area contributed by atoms with Gasteiger partial charge in [0, 0.05) is 41.3 Å². The van der Waals surface area contributed by atoms with Crippen molar-refractivity contribution in [2.75, 3.05) is 13.1 Å². The van der Waals surface area contributed by atoms with Crippen LogP contribution in [-0.4, -0.2) is 45.5 Å². The summed E-state index contributed by atoms with van der Waals surface area (Å²) in [7, 11) is 0. The predicted octanol–water partition coefficient (Wildman–Crippen LogP) is 1.23. The van der Waals surface area contributed by atoms with Gasteiger partial charge in [-0.25, -0.2) is 0 Å². The van der Waals surface area contributed by atoms with Crippen molar-refractivity contribution in [3.63, 3.8) is 0 Å². The van der Waals surface area contributed by atoms with Crippen LogP contribution in [0, 0.1) is 0 Å². The fraction of sp³-hybridized carbons (Fsp3) is 0.222. The zero-order chi connectivity index (χ0) is 19.1. The standard InChI is InChI=1S/C18H20N2O6.Fe/c21-13-7-3-1-5-11(13)15(17(23)24)19-9-10-20-16(18(25)26)12-6-2-4-8-14(12)22;/h1-8,15-16,19-22H,9-10H2,(H,23,24)(H,25,26);. The van der Waals surface area contributed by atoms with Gasteiger partial charge in [-0.15, -0.1) is 0 Å². The fourth-order valence-electron chi connectivity index (χ4n) is 2.56. The summed E-state index contributed by atoms with van der Waals surface area (Å²) in [5, 5.41) is 43.8. The minimum atomic E-state index is -1.16. The van der Waals surface area contributed by atoms with Crippen LogP contribution in [-0.2, 0) is 26.7 Å². The summed E-state index contributed by atoms with van der Waals surface area (Å²) in [5.41, 5.74) is 0.436. The summed E-state index contributed by atoms with van der Waals surface area (Å²) in [6.45, 7) is 0.255. The van der Waals surface area contributed by atoms with Gasteiger partial charge in [0.05, 0.1) is 0 Å². The molecule has 0 fully saturated rings. The van der Waals surface area contributed by atoms with E-state index in [1.165, 1.54) is 24.3 Å². The quantitative estimate of drug-likeness (QED) is 0.265. The number of phenolic OH excluding ortho intramolecular Hbond substituents is 2. The monoisotopic (exact) mass is 416 g/mol. The van der Waals surface area contributed by atoms with Crippen molar-refractivity contribution >= 4 is 11.9 Å². The van der Waals surface area contributed by atoms with E-state index in [2.05, 4.69) is 10.6 Å². The molecule has 9 heteroatoms. The van der Waals surface area contributed by atoms with Gasteiger partial charge in [0.25, 0.3) is 0 Å². The Morgan fingerprint density at radius 3 is 1.37 bits per heavy atom. The minimum absolute atomic E-state index is 0. The van der Waals surface area contributed by atoms with Gasteiger partial charge in [0.1, 0.15) is 23.6 Å². The largest absolute Gasteiger partial charge is 0.508 e. The number of phenols is 2. The van der Waals surface area contributed by atoms with Crippen LogP contribution in [0.25, 0.3) is 0 Å². The van der Waals surface area contributed by atoms with E-state index in [1.54, 1.807) is 24.3 Å². The Morgan fingerprint density at radius 1 is 0.741 bits per heavy atom. The van der Waals surface area contributed by atoms with Crippen molar-refractivity contribution in [3.05, 3.63) is 59.7 Å². The number of rotatable bonds is 9. The Hall–Kier alpha value is -2.58. The molecule has 146 valence electrons. The van der Waals surface area contributed by atoms with E-state index >= 15 is 0 Å². The van der Waals surface area contributed by atoms with E-state index in [9.17, 15) is 30.0 Å². The maximum absolute atomic E-state index is 11.4. The number of aromatic hydroxyl groups is 2. The number of nitrogens with one attached hydrogen (secondary N) is 2. The van der Waals surface area contributed by atoms with Crippen LogP contribution in [0.15, 0.2) is 48.5 Å². The smallest absolute Gasteiger partial charge is 0.325 e.